The number of fused-ring (bicyclic) bond motifs is 3. The van der Waals surface area contributed by atoms with Gasteiger partial charge in [-0.1, -0.05) is 67.5 Å². The van der Waals surface area contributed by atoms with Gasteiger partial charge in [-0.05, 0) is 43.2 Å². The van der Waals surface area contributed by atoms with Crippen LogP contribution in [0.5, 0.6) is 0 Å². The quantitative estimate of drug-likeness (QED) is 0.240. The molecule has 4 aliphatic rings. The molecule has 1 aliphatic heterocycles. The summed E-state index contributed by atoms with van der Waals surface area (Å²) < 4.78 is 59.9. The zero-order valence-corrected chi connectivity index (χ0v) is 28.5. The van der Waals surface area contributed by atoms with E-state index >= 15 is 0 Å². The van der Waals surface area contributed by atoms with Crippen molar-refractivity contribution in [2.45, 2.75) is 81.9 Å². The molecule has 3 N–H and O–H groups in total. The van der Waals surface area contributed by atoms with Gasteiger partial charge in [0.05, 0.1) is 24.3 Å². The van der Waals surface area contributed by atoms with Crippen LogP contribution in [0.2, 0.25) is 0 Å². The molecule has 50 heavy (non-hydrogen) atoms. The maximum Gasteiger partial charge on any atom is 0.407 e. The van der Waals surface area contributed by atoms with Gasteiger partial charge in [-0.15, -0.1) is 0 Å². The number of oxime groups is 1. The highest BCUT2D eigenvalue weighted by Crippen LogP contribution is 2.48. The molecule has 2 saturated carbocycles. The van der Waals surface area contributed by atoms with Crippen LogP contribution in [0, 0.1) is 11.8 Å². The Morgan fingerprint density at radius 2 is 1.60 bits per heavy atom. The van der Waals surface area contributed by atoms with E-state index in [1.165, 1.54) is 4.90 Å². The average Bonchev–Trinajstić information content (AvgIpc) is 3.99. The molecule has 16 heteroatoms. The number of nitrogens with zero attached hydrogens (tertiary/aromatic N) is 2. The van der Waals surface area contributed by atoms with E-state index in [0.717, 1.165) is 22.3 Å². The van der Waals surface area contributed by atoms with E-state index in [9.17, 15) is 36.4 Å². The van der Waals surface area contributed by atoms with Gasteiger partial charge in [-0.3, -0.25) is 19.1 Å². The van der Waals surface area contributed by atoms with Gasteiger partial charge in [0, 0.05) is 17.5 Å². The monoisotopic (exact) mass is 715 g/mol. The van der Waals surface area contributed by atoms with Crippen LogP contribution in [-0.2, 0) is 34.0 Å². The Morgan fingerprint density at radius 3 is 2.12 bits per heavy atom. The number of alkyl halides is 2. The highest BCUT2D eigenvalue weighted by molar-refractivity contribution is 7.91. The Balaban J connectivity index is 1.28. The lowest BCUT2D eigenvalue weighted by molar-refractivity contribution is -0.142. The molecule has 0 aromatic heterocycles. The topological polar surface area (TPSA) is 173 Å². The molecule has 2 aromatic carbocycles. The Bertz CT molecular complexity index is 1790. The van der Waals surface area contributed by atoms with Crippen molar-refractivity contribution < 1.29 is 46.0 Å². The molecule has 4 amide bonds. The Morgan fingerprint density at radius 1 is 1.00 bits per heavy atom. The first-order valence-electron chi connectivity index (χ1n) is 16.6. The first kappa shape index (κ1) is 35.2. The minimum Gasteiger partial charge on any atom is -0.450 e. The van der Waals surface area contributed by atoms with E-state index in [1.54, 1.807) is 20.8 Å². The van der Waals surface area contributed by atoms with Crippen LogP contribution in [0.15, 0.2) is 53.7 Å². The zero-order chi connectivity index (χ0) is 36.0. The lowest BCUT2D eigenvalue weighted by Crippen LogP contribution is -2.59. The van der Waals surface area contributed by atoms with E-state index in [-0.39, 0.29) is 19.6 Å². The number of likely N-dealkylation sites (tertiary alicyclic amines) is 1. The highest BCUT2D eigenvalue weighted by Gasteiger charge is 2.66. The fourth-order valence-electron chi connectivity index (χ4n) is 6.62. The summed E-state index contributed by atoms with van der Waals surface area (Å²) in [5, 5.41) is 8.58. The van der Waals surface area contributed by atoms with Crippen molar-refractivity contribution in [3.63, 3.8) is 0 Å². The van der Waals surface area contributed by atoms with Crippen molar-refractivity contribution in [2.75, 3.05) is 13.2 Å². The Kier molecular flexibility index (Phi) is 9.59. The van der Waals surface area contributed by atoms with Gasteiger partial charge in [0.2, 0.25) is 28.3 Å². The van der Waals surface area contributed by atoms with Gasteiger partial charge in [-0.25, -0.2) is 22.0 Å². The smallest absolute Gasteiger partial charge is 0.407 e. The summed E-state index contributed by atoms with van der Waals surface area (Å²) in [4.78, 5) is 60.8. The van der Waals surface area contributed by atoms with Crippen LogP contribution in [-0.4, -0.2) is 91.4 Å². The molecule has 3 aliphatic carbocycles. The first-order chi connectivity index (χ1) is 23.8. The molecule has 268 valence electrons. The molecular weight excluding hydrogens is 676 g/mol. The lowest BCUT2D eigenvalue weighted by Gasteiger charge is -2.31. The number of nitrogens with one attached hydrogen (secondary N) is 3. The third-order valence-electron chi connectivity index (χ3n) is 9.55. The summed E-state index contributed by atoms with van der Waals surface area (Å²) in [5.41, 5.74) is 1.93. The number of hydrogen-bond donors (Lipinski definition) is 3. The number of halogens is 2. The van der Waals surface area contributed by atoms with Crippen molar-refractivity contribution >= 4 is 39.5 Å². The molecule has 2 aromatic rings. The normalized spacial score (nSPS) is 24.3. The molecule has 3 fully saturated rings. The van der Waals surface area contributed by atoms with E-state index in [1.807, 2.05) is 53.3 Å². The van der Waals surface area contributed by atoms with E-state index in [4.69, 9.17) is 9.57 Å². The predicted octanol–water partition coefficient (Wildman–Crippen LogP) is 2.92. The van der Waals surface area contributed by atoms with Crippen molar-refractivity contribution in [2.24, 2.45) is 17.0 Å². The molecule has 0 spiro atoms. The van der Waals surface area contributed by atoms with Crippen molar-refractivity contribution in [1.29, 1.82) is 0 Å². The molecule has 6 rings (SSSR count). The molecular formula is C34H39F2N5O8S. The number of benzene rings is 2. The number of amides is 4. The first-order valence-corrected chi connectivity index (χ1v) is 18.1. The van der Waals surface area contributed by atoms with Gasteiger partial charge in [0.1, 0.15) is 29.4 Å². The molecule has 13 nitrogen and oxygen atoms in total. The largest absolute Gasteiger partial charge is 0.450 e. The van der Waals surface area contributed by atoms with Crippen LogP contribution < -0.4 is 15.4 Å². The van der Waals surface area contributed by atoms with Gasteiger partial charge in [-0.2, -0.15) is 0 Å². The SMILES string of the molecule is CCOC(=O)N[C@H](C(=O)N1C[C@H](ON=C2c3ccccc3-c3ccccc32)C[C@H]1C(=O)N[C@@]1(C(=O)NS(=O)(=O)C2CC2)C[C@H]1C(F)F)C(C)C. The molecule has 5 atom stereocenters. The summed E-state index contributed by atoms with van der Waals surface area (Å²) in [6, 6.07) is 12.8. The van der Waals surface area contributed by atoms with Crippen molar-refractivity contribution in [3.05, 3.63) is 59.7 Å². The highest BCUT2D eigenvalue weighted by atomic mass is 32.2. The number of hydrogen-bond acceptors (Lipinski definition) is 9. The van der Waals surface area contributed by atoms with Crippen molar-refractivity contribution in [3.8, 4) is 11.1 Å². The second kappa shape index (κ2) is 13.6. The number of carbonyl (C=O) groups excluding carboxylic acids is 4. The summed E-state index contributed by atoms with van der Waals surface area (Å²) in [5.74, 6) is -4.96. The molecule has 1 saturated heterocycles. The second-order valence-electron chi connectivity index (χ2n) is 13.4. The van der Waals surface area contributed by atoms with Crippen LogP contribution >= 0.6 is 0 Å². The van der Waals surface area contributed by atoms with E-state index in [0.29, 0.717) is 18.6 Å². The van der Waals surface area contributed by atoms with Gasteiger partial charge in [0.15, 0.2) is 0 Å². The standard InChI is InChI=1S/C34H39F2N5O8S/c1-4-48-33(45)37-27(18(2)3)31(43)41-17-19(49-39-28-23-11-7-5-9-21(23)22-10-6-8-12-24(22)28)15-26(41)30(42)38-34(16-25(34)29(35)36)32(44)40-50(46,47)20-13-14-20/h5-12,18-20,25-27,29H,4,13-17H2,1-3H3,(H,37,45)(H,38,42)(H,40,44)/t19-,25+,26+,27+,34+/m1/s1. The van der Waals surface area contributed by atoms with Crippen LogP contribution in [0.3, 0.4) is 0 Å². The minimum absolute atomic E-state index is 0.0496. The van der Waals surface area contributed by atoms with Crippen LogP contribution in [0.4, 0.5) is 13.6 Å². The van der Waals surface area contributed by atoms with E-state index in [2.05, 4.69) is 15.8 Å². The summed E-state index contributed by atoms with van der Waals surface area (Å²) in [6.07, 6.45) is -4.70. The lowest BCUT2D eigenvalue weighted by atomic mass is 10.0. The number of carbonyl (C=O) groups is 4. The van der Waals surface area contributed by atoms with Crippen LogP contribution in [0.25, 0.3) is 11.1 Å². The van der Waals surface area contributed by atoms with Crippen LogP contribution in [0.1, 0.15) is 57.6 Å². The van der Waals surface area contributed by atoms with E-state index < -0.39 is 87.5 Å². The fraction of sp³-hybridized carbons (Fsp3) is 0.500. The third kappa shape index (κ3) is 6.76. The Labute approximate surface area is 288 Å². The predicted molar refractivity (Wildman–Crippen MR) is 176 cm³/mol. The number of ether oxygens (including phenoxy) is 1. The fourth-order valence-corrected chi connectivity index (χ4v) is 7.98. The Hall–Kier alpha value is -4.60. The van der Waals surface area contributed by atoms with Gasteiger partial charge >= 0.3 is 6.09 Å². The number of alkyl carbamates (subject to hydrolysis) is 1. The number of sulfonamides is 1. The minimum atomic E-state index is -4.11. The maximum atomic E-state index is 14.0. The third-order valence-corrected chi connectivity index (χ3v) is 11.4. The number of rotatable bonds is 12. The zero-order valence-electron chi connectivity index (χ0n) is 27.7. The summed E-state index contributed by atoms with van der Waals surface area (Å²) in [6.45, 7) is 4.85. The molecule has 0 unspecified atom stereocenters. The van der Waals surface area contributed by atoms with Gasteiger partial charge < -0.3 is 25.1 Å². The maximum absolute atomic E-state index is 14.0. The molecule has 0 radical (unpaired) electrons. The average molecular weight is 716 g/mol. The molecule has 1 heterocycles. The van der Waals surface area contributed by atoms with Gasteiger partial charge in [0.25, 0.3) is 5.91 Å². The second-order valence-corrected chi connectivity index (χ2v) is 15.3. The summed E-state index contributed by atoms with van der Waals surface area (Å²) >= 11 is 0. The van der Waals surface area contributed by atoms with Crippen molar-refractivity contribution in [1.82, 2.24) is 20.3 Å². The molecule has 0 bridgehead atoms. The summed E-state index contributed by atoms with van der Waals surface area (Å²) in [7, 11) is -4.11.